The number of hydrogen-bond donors (Lipinski definition) is 0. The smallest absolute Gasteiger partial charge is 0.253 e. The first kappa shape index (κ1) is 36.7. The molecule has 2 amide bonds. The standard InChI is InChI=1S/C36H62N2O2Si4/c1-37(2)35(39)29-19-25-18-28-30(36(40)38(3)4)20-26(32(22-42(8,9)10)34(28)24-44(14,15)16)17-27(29)33(23-43(11,12)13)31(25)21-41(5,6)7/h19-20H,17-18,21-24H2,1-16H3. The molecule has 0 saturated carbocycles. The molecule has 0 aromatic heterocycles. The molecule has 44 heavy (non-hydrogen) atoms. The Morgan fingerprint density at radius 2 is 0.750 bits per heavy atom. The van der Waals surface area contributed by atoms with Crippen molar-refractivity contribution in [2.45, 2.75) is 116 Å². The van der Waals surface area contributed by atoms with Gasteiger partial charge >= 0.3 is 0 Å². The van der Waals surface area contributed by atoms with Crippen molar-refractivity contribution in [3.63, 3.8) is 0 Å². The topological polar surface area (TPSA) is 40.6 Å². The van der Waals surface area contributed by atoms with Crippen LogP contribution in [0.3, 0.4) is 0 Å². The van der Waals surface area contributed by atoms with Crippen molar-refractivity contribution in [3.05, 3.63) is 67.8 Å². The van der Waals surface area contributed by atoms with Crippen molar-refractivity contribution >= 4 is 44.1 Å². The lowest BCUT2D eigenvalue weighted by molar-refractivity contribution is 0.0818. The van der Waals surface area contributed by atoms with E-state index in [0.717, 1.165) is 48.1 Å². The third-order valence-electron chi connectivity index (χ3n) is 8.36. The fourth-order valence-corrected chi connectivity index (χ4v) is 12.7. The van der Waals surface area contributed by atoms with E-state index < -0.39 is 32.3 Å². The Kier molecular flexibility index (Phi) is 10.7. The minimum Gasteiger partial charge on any atom is -0.345 e. The zero-order chi connectivity index (χ0) is 33.7. The summed E-state index contributed by atoms with van der Waals surface area (Å²) >= 11 is 0. The van der Waals surface area contributed by atoms with Gasteiger partial charge in [0, 0.05) is 71.6 Å². The Hall–Kier alpha value is -1.75. The monoisotopic (exact) mass is 666 g/mol. The SMILES string of the molecule is CN(C)C(=O)c1cc2c(C[Si](C)(C)C)c(C[Si](C)(C)C)c1Cc1cc(C(=O)N(C)C)c(c(C[Si](C)(C)C)c1C[Si](C)(C)C)C2. The second-order valence-corrected chi connectivity index (χ2v) is 40.6. The highest BCUT2D eigenvalue weighted by molar-refractivity contribution is 6.77. The van der Waals surface area contributed by atoms with E-state index in [9.17, 15) is 9.59 Å². The maximum atomic E-state index is 14.0. The van der Waals surface area contributed by atoms with Gasteiger partial charge in [0.05, 0.1) is 0 Å². The molecular formula is C36H62N2O2Si4. The van der Waals surface area contributed by atoms with E-state index in [2.05, 4.69) is 90.7 Å². The molecule has 2 aromatic rings. The Balaban J connectivity index is 2.63. The van der Waals surface area contributed by atoms with Crippen LogP contribution < -0.4 is 0 Å². The number of rotatable bonds is 10. The van der Waals surface area contributed by atoms with Crippen molar-refractivity contribution in [3.8, 4) is 0 Å². The molecule has 8 heteroatoms. The van der Waals surface area contributed by atoms with Gasteiger partial charge in [0.1, 0.15) is 0 Å². The van der Waals surface area contributed by atoms with Gasteiger partial charge in [-0.05, 0) is 93.7 Å². The van der Waals surface area contributed by atoms with Crippen LogP contribution in [0.2, 0.25) is 78.6 Å². The summed E-state index contributed by atoms with van der Waals surface area (Å²) in [4.78, 5) is 31.5. The third kappa shape index (κ3) is 9.16. The van der Waals surface area contributed by atoms with Crippen LogP contribution in [0.4, 0.5) is 0 Å². The van der Waals surface area contributed by atoms with Crippen molar-refractivity contribution in [2.24, 2.45) is 0 Å². The van der Waals surface area contributed by atoms with Gasteiger partial charge in [0.15, 0.2) is 0 Å². The van der Waals surface area contributed by atoms with Gasteiger partial charge < -0.3 is 9.80 Å². The molecule has 0 atom stereocenters. The first-order valence-electron chi connectivity index (χ1n) is 16.5. The molecule has 244 valence electrons. The Morgan fingerprint density at radius 1 is 0.500 bits per heavy atom. The summed E-state index contributed by atoms with van der Waals surface area (Å²) in [5.74, 6) is 0.206. The molecule has 0 fully saturated rings. The van der Waals surface area contributed by atoms with Crippen LogP contribution in [0.5, 0.6) is 0 Å². The first-order valence-corrected chi connectivity index (χ1v) is 31.4. The Bertz CT molecular complexity index is 1320. The van der Waals surface area contributed by atoms with E-state index in [4.69, 9.17) is 0 Å². The summed E-state index contributed by atoms with van der Waals surface area (Å²) in [5.41, 5.74) is 12.7. The minimum atomic E-state index is -1.55. The minimum absolute atomic E-state index is 0.103. The van der Waals surface area contributed by atoms with Gasteiger partial charge in [-0.1, -0.05) is 78.6 Å². The molecule has 2 aromatic carbocycles. The van der Waals surface area contributed by atoms with Crippen LogP contribution in [0, 0.1) is 0 Å². The summed E-state index contributed by atoms with van der Waals surface area (Å²) in [6, 6.07) is 8.88. The third-order valence-corrected chi connectivity index (χ3v) is 14.0. The summed E-state index contributed by atoms with van der Waals surface area (Å²) in [6.45, 7) is 29.6. The molecule has 0 saturated heterocycles. The molecule has 4 nitrogen and oxygen atoms in total. The molecule has 4 aliphatic carbocycles. The first-order chi connectivity index (χ1) is 19.8. The van der Waals surface area contributed by atoms with Crippen LogP contribution in [0.25, 0.3) is 0 Å². The van der Waals surface area contributed by atoms with Crippen LogP contribution in [0.15, 0.2) is 12.1 Å². The van der Waals surface area contributed by atoms with Crippen LogP contribution in [0.1, 0.15) is 65.2 Å². The molecule has 0 N–H and O–H groups in total. The second-order valence-electron chi connectivity index (χ2n) is 18.7. The molecule has 0 spiro atoms. The van der Waals surface area contributed by atoms with Crippen LogP contribution in [-0.2, 0) is 37.0 Å². The molecule has 0 heterocycles. The molecule has 6 rings (SSSR count). The van der Waals surface area contributed by atoms with Crippen LogP contribution >= 0.6 is 0 Å². The maximum absolute atomic E-state index is 14.0. The van der Waals surface area contributed by atoms with E-state index in [1.54, 1.807) is 9.80 Å². The summed E-state index contributed by atoms with van der Waals surface area (Å²) in [7, 11) is 1.40. The van der Waals surface area contributed by atoms with E-state index in [0.29, 0.717) is 0 Å². The van der Waals surface area contributed by atoms with Crippen molar-refractivity contribution in [2.75, 3.05) is 28.2 Å². The van der Waals surface area contributed by atoms with Crippen molar-refractivity contribution < 1.29 is 9.59 Å². The zero-order valence-corrected chi connectivity index (χ0v) is 35.1. The van der Waals surface area contributed by atoms with Crippen molar-refractivity contribution in [1.29, 1.82) is 0 Å². The highest BCUT2D eigenvalue weighted by Crippen LogP contribution is 2.40. The highest BCUT2D eigenvalue weighted by atomic mass is 28.3. The van der Waals surface area contributed by atoms with Gasteiger partial charge in [-0.2, -0.15) is 0 Å². The van der Waals surface area contributed by atoms with Gasteiger partial charge in [0.2, 0.25) is 0 Å². The Morgan fingerprint density at radius 3 is 0.977 bits per heavy atom. The van der Waals surface area contributed by atoms with Crippen molar-refractivity contribution in [1.82, 2.24) is 9.80 Å². The number of nitrogens with zero attached hydrogens (tertiary/aromatic N) is 2. The molecular weight excluding hydrogens is 605 g/mol. The fraction of sp³-hybridized carbons (Fsp3) is 0.611. The highest BCUT2D eigenvalue weighted by Gasteiger charge is 2.34. The molecule has 0 aliphatic heterocycles. The number of benzene rings is 2. The van der Waals surface area contributed by atoms with Gasteiger partial charge in [-0.3, -0.25) is 9.59 Å². The summed E-state index contributed by atoms with van der Waals surface area (Å²) < 4.78 is 0. The summed E-state index contributed by atoms with van der Waals surface area (Å²) in [5, 5.41) is 0. The molecule has 0 radical (unpaired) electrons. The fourth-order valence-electron chi connectivity index (χ4n) is 6.73. The Labute approximate surface area is 274 Å². The normalized spacial score (nSPS) is 13.8. The average Bonchev–Trinajstić information content (AvgIpc) is 2.81. The van der Waals surface area contributed by atoms with E-state index in [1.165, 1.54) is 44.5 Å². The number of amides is 2. The predicted molar refractivity (Wildman–Crippen MR) is 203 cm³/mol. The number of hydrogen-bond acceptors (Lipinski definition) is 2. The quantitative estimate of drug-likeness (QED) is 0.205. The maximum Gasteiger partial charge on any atom is 0.253 e. The predicted octanol–water partition coefficient (Wildman–Crippen LogP) is 8.26. The number of carbonyl (C=O) groups excluding carboxylic acids is 2. The van der Waals surface area contributed by atoms with Crippen LogP contribution in [-0.4, -0.2) is 82.1 Å². The van der Waals surface area contributed by atoms with Gasteiger partial charge in [0.25, 0.3) is 11.8 Å². The largest absolute Gasteiger partial charge is 0.345 e. The second kappa shape index (κ2) is 12.8. The molecule has 4 aliphatic rings. The number of carbonyl (C=O) groups is 2. The van der Waals surface area contributed by atoms with E-state index >= 15 is 0 Å². The van der Waals surface area contributed by atoms with Gasteiger partial charge in [-0.15, -0.1) is 0 Å². The average molecular weight is 667 g/mol. The van der Waals surface area contributed by atoms with E-state index in [-0.39, 0.29) is 11.8 Å². The molecule has 4 bridgehead atoms. The lowest BCUT2D eigenvalue weighted by Gasteiger charge is -2.34. The lowest BCUT2D eigenvalue weighted by Crippen LogP contribution is -2.34. The van der Waals surface area contributed by atoms with Gasteiger partial charge in [-0.25, -0.2) is 0 Å². The molecule has 0 unspecified atom stereocenters. The lowest BCUT2D eigenvalue weighted by atomic mass is 9.79. The summed E-state index contributed by atoms with van der Waals surface area (Å²) in [6.07, 6.45) is 1.44. The van der Waals surface area contributed by atoms with E-state index in [1.807, 2.05) is 28.2 Å². The zero-order valence-electron chi connectivity index (χ0n) is 31.1.